The van der Waals surface area contributed by atoms with E-state index >= 15 is 0 Å². The SMILES string of the molecule is O=C(NCCCCCI)c1sccc1Br. The molecule has 0 aromatic carbocycles. The van der Waals surface area contributed by atoms with Crippen molar-refractivity contribution in [1.29, 1.82) is 0 Å². The Kier molecular flexibility index (Phi) is 6.83. The van der Waals surface area contributed by atoms with E-state index < -0.39 is 0 Å². The fourth-order valence-corrected chi connectivity index (χ4v) is 3.14. The highest BCUT2D eigenvalue weighted by Crippen LogP contribution is 2.22. The third-order valence-electron chi connectivity index (χ3n) is 1.92. The number of rotatable bonds is 6. The van der Waals surface area contributed by atoms with Gasteiger partial charge in [0.05, 0.1) is 0 Å². The lowest BCUT2D eigenvalue weighted by Crippen LogP contribution is -2.23. The average molecular weight is 402 g/mol. The Morgan fingerprint density at radius 2 is 2.27 bits per heavy atom. The summed E-state index contributed by atoms with van der Waals surface area (Å²) in [6.07, 6.45) is 3.49. The second-order valence-electron chi connectivity index (χ2n) is 3.10. The van der Waals surface area contributed by atoms with E-state index in [1.165, 1.54) is 28.6 Å². The first-order chi connectivity index (χ1) is 7.25. The molecule has 0 aliphatic rings. The molecule has 2 nitrogen and oxygen atoms in total. The number of hydrogen-bond donors (Lipinski definition) is 1. The van der Waals surface area contributed by atoms with Crippen LogP contribution in [0.1, 0.15) is 28.9 Å². The van der Waals surface area contributed by atoms with E-state index in [0.29, 0.717) is 0 Å². The maximum absolute atomic E-state index is 11.6. The summed E-state index contributed by atoms with van der Waals surface area (Å²) in [7, 11) is 0. The van der Waals surface area contributed by atoms with Gasteiger partial charge in [0.1, 0.15) is 4.88 Å². The number of unbranched alkanes of at least 4 members (excludes halogenated alkanes) is 2. The van der Waals surface area contributed by atoms with Crippen LogP contribution in [0.15, 0.2) is 15.9 Å². The van der Waals surface area contributed by atoms with Gasteiger partial charge in [0.25, 0.3) is 5.91 Å². The van der Waals surface area contributed by atoms with Crippen LogP contribution in [0.5, 0.6) is 0 Å². The molecule has 1 aromatic heterocycles. The summed E-state index contributed by atoms with van der Waals surface area (Å²) in [6.45, 7) is 0.778. The van der Waals surface area contributed by atoms with E-state index in [1.807, 2.05) is 11.4 Å². The van der Waals surface area contributed by atoms with Gasteiger partial charge in [-0.1, -0.05) is 29.0 Å². The van der Waals surface area contributed by atoms with E-state index in [9.17, 15) is 4.79 Å². The molecule has 0 atom stereocenters. The fraction of sp³-hybridized carbons (Fsp3) is 0.500. The second kappa shape index (κ2) is 7.62. The molecule has 1 N–H and O–H groups in total. The average Bonchev–Trinajstić information content (AvgIpc) is 2.64. The standard InChI is InChI=1S/C10H13BrINOS/c11-8-4-7-15-9(8)10(14)13-6-3-1-2-5-12/h4,7H,1-3,5-6H2,(H,13,14). The summed E-state index contributed by atoms with van der Waals surface area (Å²) >= 11 is 7.19. The number of nitrogens with one attached hydrogen (secondary N) is 1. The predicted molar refractivity (Wildman–Crippen MR) is 77.1 cm³/mol. The van der Waals surface area contributed by atoms with Crippen molar-refractivity contribution in [3.63, 3.8) is 0 Å². The van der Waals surface area contributed by atoms with Crippen LogP contribution in [0, 0.1) is 0 Å². The van der Waals surface area contributed by atoms with Crippen molar-refractivity contribution < 1.29 is 4.79 Å². The highest BCUT2D eigenvalue weighted by molar-refractivity contribution is 14.1. The van der Waals surface area contributed by atoms with Crippen molar-refractivity contribution in [2.24, 2.45) is 0 Å². The summed E-state index contributed by atoms with van der Waals surface area (Å²) in [5, 5.41) is 4.84. The van der Waals surface area contributed by atoms with Crippen LogP contribution in [-0.4, -0.2) is 16.9 Å². The molecule has 0 unspecified atom stereocenters. The molecule has 0 bridgehead atoms. The molecule has 0 spiro atoms. The van der Waals surface area contributed by atoms with Crippen molar-refractivity contribution in [1.82, 2.24) is 5.32 Å². The molecule has 1 aromatic rings. The molecule has 1 heterocycles. The van der Waals surface area contributed by atoms with Crippen molar-refractivity contribution in [2.45, 2.75) is 19.3 Å². The number of carbonyl (C=O) groups excluding carboxylic acids is 1. The van der Waals surface area contributed by atoms with Gasteiger partial charge in [-0.2, -0.15) is 0 Å². The number of carbonyl (C=O) groups is 1. The maximum Gasteiger partial charge on any atom is 0.262 e. The number of hydrogen-bond acceptors (Lipinski definition) is 2. The van der Waals surface area contributed by atoms with E-state index in [2.05, 4.69) is 43.8 Å². The molecule has 0 radical (unpaired) electrons. The summed E-state index contributed by atoms with van der Waals surface area (Å²) in [5.74, 6) is 0.0337. The molecule has 5 heteroatoms. The lowest BCUT2D eigenvalue weighted by Gasteiger charge is -2.03. The van der Waals surface area contributed by atoms with Crippen molar-refractivity contribution in [3.8, 4) is 0 Å². The predicted octanol–water partition coefficient (Wildman–Crippen LogP) is 3.85. The Labute approximate surface area is 116 Å². The first-order valence-electron chi connectivity index (χ1n) is 4.83. The van der Waals surface area contributed by atoms with Gasteiger partial charge in [-0.25, -0.2) is 0 Å². The summed E-state index contributed by atoms with van der Waals surface area (Å²) in [6, 6.07) is 1.90. The molecule has 15 heavy (non-hydrogen) atoms. The van der Waals surface area contributed by atoms with E-state index in [1.54, 1.807) is 0 Å². The van der Waals surface area contributed by atoms with Gasteiger partial charge >= 0.3 is 0 Å². The zero-order valence-corrected chi connectivity index (χ0v) is 12.8. The fourth-order valence-electron chi connectivity index (χ4n) is 1.13. The zero-order chi connectivity index (χ0) is 11.1. The normalized spacial score (nSPS) is 10.3. The topological polar surface area (TPSA) is 29.1 Å². The van der Waals surface area contributed by atoms with Crippen LogP contribution in [0.3, 0.4) is 0 Å². The lowest BCUT2D eigenvalue weighted by atomic mass is 10.2. The van der Waals surface area contributed by atoms with E-state index in [4.69, 9.17) is 0 Å². The summed E-state index contributed by atoms with van der Waals surface area (Å²) < 4.78 is 2.08. The highest BCUT2D eigenvalue weighted by Gasteiger charge is 2.09. The first kappa shape index (κ1) is 13.4. The van der Waals surface area contributed by atoms with Crippen LogP contribution in [0.4, 0.5) is 0 Å². The van der Waals surface area contributed by atoms with Crippen LogP contribution in [-0.2, 0) is 0 Å². The minimum atomic E-state index is 0.0337. The molecule has 0 aliphatic carbocycles. The Bertz CT molecular complexity index is 316. The van der Waals surface area contributed by atoms with Gasteiger partial charge in [0.15, 0.2) is 0 Å². The van der Waals surface area contributed by atoms with Crippen LogP contribution < -0.4 is 5.32 Å². The number of halogens is 2. The van der Waals surface area contributed by atoms with Gasteiger partial charge in [-0.3, -0.25) is 4.79 Å². The molecule has 0 saturated carbocycles. The quantitative estimate of drug-likeness (QED) is 0.438. The Morgan fingerprint density at radius 1 is 1.47 bits per heavy atom. The molecule has 1 amide bonds. The van der Waals surface area contributed by atoms with Crippen molar-refractivity contribution in [2.75, 3.05) is 11.0 Å². The molecule has 0 saturated heterocycles. The largest absolute Gasteiger partial charge is 0.351 e. The minimum Gasteiger partial charge on any atom is -0.351 e. The first-order valence-corrected chi connectivity index (χ1v) is 8.02. The van der Waals surface area contributed by atoms with Crippen molar-refractivity contribution >= 4 is 55.8 Å². The Hall–Kier alpha value is 0.380. The van der Waals surface area contributed by atoms with Crippen LogP contribution in [0.2, 0.25) is 0 Å². The van der Waals surface area contributed by atoms with Crippen molar-refractivity contribution in [3.05, 3.63) is 20.8 Å². The number of alkyl halides is 1. The van der Waals surface area contributed by atoms with Gasteiger partial charge in [-0.05, 0) is 44.6 Å². The van der Waals surface area contributed by atoms with Crippen LogP contribution in [0.25, 0.3) is 0 Å². The molecule has 1 rings (SSSR count). The minimum absolute atomic E-state index is 0.0337. The summed E-state index contributed by atoms with van der Waals surface area (Å²) in [4.78, 5) is 12.4. The number of thiophene rings is 1. The molecule has 84 valence electrons. The highest BCUT2D eigenvalue weighted by atomic mass is 127. The van der Waals surface area contributed by atoms with Crippen LogP contribution >= 0.6 is 49.9 Å². The van der Waals surface area contributed by atoms with E-state index in [0.717, 1.165) is 22.3 Å². The smallest absolute Gasteiger partial charge is 0.262 e. The van der Waals surface area contributed by atoms with E-state index in [-0.39, 0.29) is 5.91 Å². The van der Waals surface area contributed by atoms with Gasteiger partial charge in [-0.15, -0.1) is 11.3 Å². The molecule has 0 aliphatic heterocycles. The Balaban J connectivity index is 2.22. The van der Waals surface area contributed by atoms with Gasteiger partial charge in [0, 0.05) is 11.0 Å². The summed E-state index contributed by atoms with van der Waals surface area (Å²) in [5.41, 5.74) is 0. The molecule has 0 fully saturated rings. The number of amides is 1. The lowest BCUT2D eigenvalue weighted by molar-refractivity contribution is 0.0956. The monoisotopic (exact) mass is 401 g/mol. The third kappa shape index (κ3) is 4.82. The maximum atomic E-state index is 11.6. The molecular formula is C10H13BrINOS. The van der Waals surface area contributed by atoms with Gasteiger partial charge < -0.3 is 5.32 Å². The third-order valence-corrected chi connectivity index (χ3v) is 4.52. The second-order valence-corrected chi connectivity index (χ2v) is 5.95. The van der Waals surface area contributed by atoms with Gasteiger partial charge in [0.2, 0.25) is 0 Å². The Morgan fingerprint density at radius 3 is 2.87 bits per heavy atom. The molecular weight excluding hydrogens is 389 g/mol. The zero-order valence-electron chi connectivity index (χ0n) is 8.26.